The molecule has 0 heterocycles. The van der Waals surface area contributed by atoms with Crippen LogP contribution in [0.3, 0.4) is 0 Å². The van der Waals surface area contributed by atoms with Gasteiger partial charge >= 0.3 is 5.97 Å². The molecule has 0 saturated heterocycles. The van der Waals surface area contributed by atoms with Crippen LogP contribution in [0, 0.1) is 25.2 Å². The van der Waals surface area contributed by atoms with E-state index in [0.717, 1.165) is 16.7 Å². The Balaban J connectivity index is 1.88. The van der Waals surface area contributed by atoms with Gasteiger partial charge in [-0.25, -0.2) is 4.79 Å². The second kappa shape index (κ2) is 7.28. The number of carbonyl (C=O) groups excluding carboxylic acids is 1. The molecular formula is C18H17NO3. The zero-order valence-electron chi connectivity index (χ0n) is 12.6. The third kappa shape index (κ3) is 4.64. The first-order chi connectivity index (χ1) is 10.6. The fourth-order valence-corrected chi connectivity index (χ4v) is 2.09. The Morgan fingerprint density at radius 2 is 1.68 bits per heavy atom. The van der Waals surface area contributed by atoms with E-state index in [9.17, 15) is 4.79 Å². The summed E-state index contributed by atoms with van der Waals surface area (Å²) >= 11 is 0. The van der Waals surface area contributed by atoms with E-state index in [-0.39, 0.29) is 6.61 Å². The predicted molar refractivity (Wildman–Crippen MR) is 82.8 cm³/mol. The van der Waals surface area contributed by atoms with Gasteiger partial charge in [-0.3, -0.25) is 0 Å². The minimum absolute atomic E-state index is 0.150. The summed E-state index contributed by atoms with van der Waals surface area (Å²) in [6, 6.07) is 14.7. The molecule has 2 aromatic rings. The van der Waals surface area contributed by atoms with Gasteiger partial charge < -0.3 is 9.47 Å². The van der Waals surface area contributed by atoms with Crippen LogP contribution in [-0.4, -0.2) is 12.6 Å². The molecule has 0 aliphatic heterocycles. The molecule has 0 aromatic heterocycles. The number of aryl methyl sites for hydroxylation is 2. The van der Waals surface area contributed by atoms with Gasteiger partial charge in [-0.1, -0.05) is 18.2 Å². The van der Waals surface area contributed by atoms with Gasteiger partial charge in [0.25, 0.3) is 0 Å². The van der Waals surface area contributed by atoms with Crippen LogP contribution in [0.5, 0.6) is 11.5 Å². The van der Waals surface area contributed by atoms with E-state index in [1.54, 1.807) is 24.3 Å². The second-order valence-corrected chi connectivity index (χ2v) is 5.07. The predicted octanol–water partition coefficient (Wildman–Crippen LogP) is 3.35. The maximum Gasteiger partial charge on any atom is 0.349 e. The zero-order valence-corrected chi connectivity index (χ0v) is 12.6. The molecule has 0 N–H and O–H groups in total. The van der Waals surface area contributed by atoms with Crippen molar-refractivity contribution < 1.29 is 14.3 Å². The van der Waals surface area contributed by atoms with Gasteiger partial charge in [0.05, 0.1) is 12.5 Å². The number of rotatable bonds is 5. The first kappa shape index (κ1) is 15.6. The number of nitrogens with zero attached hydrogens (tertiary/aromatic N) is 1. The molecule has 0 amide bonds. The molecular weight excluding hydrogens is 278 g/mol. The third-order valence-corrected chi connectivity index (χ3v) is 2.99. The lowest BCUT2D eigenvalue weighted by molar-refractivity contribution is -0.136. The number of esters is 1. The van der Waals surface area contributed by atoms with Crippen molar-refractivity contribution in [3.8, 4) is 17.6 Å². The first-order valence-electron chi connectivity index (χ1n) is 6.94. The molecule has 4 nitrogen and oxygen atoms in total. The maximum absolute atomic E-state index is 11.8. The summed E-state index contributed by atoms with van der Waals surface area (Å²) in [5.74, 6) is 0.627. The largest absolute Gasteiger partial charge is 0.482 e. The molecule has 112 valence electrons. The van der Waals surface area contributed by atoms with Crippen molar-refractivity contribution in [3.63, 3.8) is 0 Å². The van der Waals surface area contributed by atoms with Gasteiger partial charge in [0, 0.05) is 0 Å². The molecule has 0 spiro atoms. The van der Waals surface area contributed by atoms with Crippen molar-refractivity contribution in [2.75, 3.05) is 6.61 Å². The van der Waals surface area contributed by atoms with Crippen LogP contribution < -0.4 is 9.47 Å². The molecule has 0 saturated carbocycles. The Hall–Kier alpha value is -2.80. The summed E-state index contributed by atoms with van der Waals surface area (Å²) in [5.41, 5.74) is 3.04. The Morgan fingerprint density at radius 3 is 2.27 bits per heavy atom. The SMILES string of the molecule is Cc1cc(C)cc(OCC(=O)Oc2ccc(CC#N)cc2)c1. The van der Waals surface area contributed by atoms with Crippen LogP contribution in [0.2, 0.25) is 0 Å². The summed E-state index contributed by atoms with van der Waals surface area (Å²) in [6.07, 6.45) is 0.337. The van der Waals surface area contributed by atoms with Gasteiger partial charge in [0.2, 0.25) is 0 Å². The average Bonchev–Trinajstić information content (AvgIpc) is 2.47. The number of hydrogen-bond acceptors (Lipinski definition) is 4. The standard InChI is InChI=1S/C18H17NO3/c1-13-9-14(2)11-17(10-13)21-12-18(20)22-16-5-3-15(4-6-16)7-8-19/h3-6,9-11H,7,12H2,1-2H3. The molecule has 0 unspecified atom stereocenters. The number of nitriles is 1. The van der Waals surface area contributed by atoms with E-state index in [2.05, 4.69) is 6.07 Å². The topological polar surface area (TPSA) is 59.3 Å². The van der Waals surface area contributed by atoms with E-state index in [1.165, 1.54) is 0 Å². The zero-order chi connectivity index (χ0) is 15.9. The molecule has 0 atom stereocenters. The van der Waals surface area contributed by atoms with Crippen LogP contribution in [0.25, 0.3) is 0 Å². The van der Waals surface area contributed by atoms with Crippen molar-refractivity contribution >= 4 is 5.97 Å². The Kier molecular flexibility index (Phi) is 5.16. The molecule has 2 aromatic carbocycles. The molecule has 0 fully saturated rings. The van der Waals surface area contributed by atoms with E-state index in [0.29, 0.717) is 17.9 Å². The lowest BCUT2D eigenvalue weighted by Crippen LogP contribution is -2.17. The van der Waals surface area contributed by atoms with Gasteiger partial charge in [-0.2, -0.15) is 5.26 Å². The molecule has 22 heavy (non-hydrogen) atoms. The molecule has 2 rings (SSSR count). The summed E-state index contributed by atoms with van der Waals surface area (Å²) in [4.78, 5) is 11.8. The van der Waals surface area contributed by atoms with Crippen LogP contribution in [-0.2, 0) is 11.2 Å². The summed E-state index contributed by atoms with van der Waals surface area (Å²) in [6.45, 7) is 3.80. The molecule has 4 heteroatoms. The number of carbonyl (C=O) groups is 1. The van der Waals surface area contributed by atoms with Crippen molar-refractivity contribution in [2.45, 2.75) is 20.3 Å². The fraction of sp³-hybridized carbons (Fsp3) is 0.222. The number of benzene rings is 2. The van der Waals surface area contributed by atoms with Gasteiger partial charge in [-0.05, 0) is 54.8 Å². The minimum Gasteiger partial charge on any atom is -0.482 e. The molecule has 0 aliphatic carbocycles. The van der Waals surface area contributed by atoms with Crippen molar-refractivity contribution in [2.24, 2.45) is 0 Å². The highest BCUT2D eigenvalue weighted by Crippen LogP contribution is 2.17. The summed E-state index contributed by atoms with van der Waals surface area (Å²) < 4.78 is 10.6. The highest BCUT2D eigenvalue weighted by Gasteiger charge is 2.07. The summed E-state index contributed by atoms with van der Waals surface area (Å²) in [7, 11) is 0. The Morgan fingerprint density at radius 1 is 1.05 bits per heavy atom. The molecule has 0 radical (unpaired) electrons. The first-order valence-corrected chi connectivity index (χ1v) is 6.94. The van der Waals surface area contributed by atoms with Gasteiger partial charge in [-0.15, -0.1) is 0 Å². The Bertz CT molecular complexity index is 679. The minimum atomic E-state index is -0.466. The number of hydrogen-bond donors (Lipinski definition) is 0. The average molecular weight is 295 g/mol. The van der Waals surface area contributed by atoms with Crippen molar-refractivity contribution in [3.05, 3.63) is 59.2 Å². The van der Waals surface area contributed by atoms with E-state index >= 15 is 0 Å². The van der Waals surface area contributed by atoms with Gasteiger partial charge in [0.15, 0.2) is 6.61 Å². The smallest absolute Gasteiger partial charge is 0.349 e. The normalized spacial score (nSPS) is 9.86. The third-order valence-electron chi connectivity index (χ3n) is 2.99. The van der Waals surface area contributed by atoms with Crippen LogP contribution in [0.1, 0.15) is 16.7 Å². The number of ether oxygens (including phenoxy) is 2. The van der Waals surface area contributed by atoms with Crippen molar-refractivity contribution in [1.29, 1.82) is 5.26 Å². The Labute approximate surface area is 129 Å². The van der Waals surface area contributed by atoms with Crippen LogP contribution in [0.4, 0.5) is 0 Å². The fourth-order valence-electron chi connectivity index (χ4n) is 2.09. The maximum atomic E-state index is 11.8. The lowest BCUT2D eigenvalue weighted by Gasteiger charge is -2.08. The van der Waals surface area contributed by atoms with Crippen molar-refractivity contribution in [1.82, 2.24) is 0 Å². The highest BCUT2D eigenvalue weighted by atomic mass is 16.6. The van der Waals surface area contributed by atoms with E-state index in [1.807, 2.05) is 32.0 Å². The second-order valence-electron chi connectivity index (χ2n) is 5.07. The van der Waals surface area contributed by atoms with Crippen LogP contribution in [0.15, 0.2) is 42.5 Å². The molecule has 0 bridgehead atoms. The van der Waals surface area contributed by atoms with E-state index in [4.69, 9.17) is 14.7 Å². The van der Waals surface area contributed by atoms with Crippen LogP contribution >= 0.6 is 0 Å². The van der Waals surface area contributed by atoms with Gasteiger partial charge in [0.1, 0.15) is 11.5 Å². The summed E-state index contributed by atoms with van der Waals surface area (Å²) in [5, 5.41) is 8.60. The highest BCUT2D eigenvalue weighted by molar-refractivity contribution is 5.74. The monoisotopic (exact) mass is 295 g/mol. The van der Waals surface area contributed by atoms with E-state index < -0.39 is 5.97 Å². The lowest BCUT2D eigenvalue weighted by atomic mass is 10.1. The molecule has 0 aliphatic rings. The quantitative estimate of drug-likeness (QED) is 0.627.